The van der Waals surface area contributed by atoms with E-state index in [0.29, 0.717) is 5.92 Å². The van der Waals surface area contributed by atoms with Gasteiger partial charge in [-0.05, 0) is 31.5 Å². The van der Waals surface area contributed by atoms with Gasteiger partial charge in [0.2, 0.25) is 0 Å². The van der Waals surface area contributed by atoms with Crippen molar-refractivity contribution < 1.29 is 4.74 Å². The van der Waals surface area contributed by atoms with Gasteiger partial charge in [-0.25, -0.2) is 4.98 Å². The molecule has 19 heavy (non-hydrogen) atoms. The lowest BCUT2D eigenvalue weighted by atomic mass is 10.2. The van der Waals surface area contributed by atoms with Crippen molar-refractivity contribution in [1.82, 2.24) is 10.3 Å². The van der Waals surface area contributed by atoms with Crippen LogP contribution in [0.2, 0.25) is 0 Å². The van der Waals surface area contributed by atoms with E-state index >= 15 is 0 Å². The Morgan fingerprint density at radius 3 is 2.84 bits per heavy atom. The first-order valence-electron chi connectivity index (χ1n) is 7.09. The average Bonchev–Trinajstić information content (AvgIpc) is 2.39. The Labute approximate surface area is 117 Å². The molecule has 0 radical (unpaired) electrons. The highest BCUT2D eigenvalue weighted by Gasteiger charge is 2.03. The molecule has 108 valence electrons. The number of ether oxygens (including phenoxy) is 1. The van der Waals surface area contributed by atoms with Gasteiger partial charge in [0.15, 0.2) is 0 Å². The lowest BCUT2D eigenvalue weighted by Gasteiger charge is -2.18. The number of hydrogen-bond acceptors (Lipinski definition) is 4. The quantitative estimate of drug-likeness (QED) is 0.695. The molecule has 0 aliphatic rings. The second kappa shape index (κ2) is 8.88. The molecule has 1 N–H and O–H groups in total. The molecule has 1 aromatic rings. The summed E-state index contributed by atoms with van der Waals surface area (Å²) < 4.78 is 5.37. The van der Waals surface area contributed by atoms with Gasteiger partial charge in [-0.15, -0.1) is 0 Å². The molecule has 0 unspecified atom stereocenters. The van der Waals surface area contributed by atoms with Crippen LogP contribution in [-0.2, 0) is 11.3 Å². The first-order chi connectivity index (χ1) is 9.13. The zero-order valence-corrected chi connectivity index (χ0v) is 12.6. The number of aromatic nitrogens is 1. The number of rotatable bonds is 9. The summed E-state index contributed by atoms with van der Waals surface area (Å²) in [7, 11) is 2.05. The molecular formula is C15H27N3O. The van der Waals surface area contributed by atoms with E-state index in [1.165, 1.54) is 0 Å². The number of likely N-dealkylation sites (N-methyl/N-ethyl adjacent to an activating group) is 1. The SMILES string of the molecule is CCOCCN(C)c1cccc(CNCC(C)C)n1. The summed E-state index contributed by atoms with van der Waals surface area (Å²) in [5.41, 5.74) is 1.08. The Kier molecular flexibility index (Phi) is 7.45. The average molecular weight is 265 g/mol. The van der Waals surface area contributed by atoms with E-state index in [-0.39, 0.29) is 0 Å². The van der Waals surface area contributed by atoms with E-state index in [2.05, 4.69) is 41.2 Å². The zero-order chi connectivity index (χ0) is 14.1. The largest absolute Gasteiger partial charge is 0.380 e. The highest BCUT2D eigenvalue weighted by Crippen LogP contribution is 2.09. The molecule has 4 nitrogen and oxygen atoms in total. The van der Waals surface area contributed by atoms with E-state index in [1.54, 1.807) is 0 Å². The molecule has 0 amide bonds. The minimum Gasteiger partial charge on any atom is -0.380 e. The highest BCUT2D eigenvalue weighted by molar-refractivity contribution is 5.38. The molecule has 0 aromatic carbocycles. The van der Waals surface area contributed by atoms with E-state index in [1.807, 2.05) is 20.0 Å². The Balaban J connectivity index is 2.46. The lowest BCUT2D eigenvalue weighted by molar-refractivity contribution is 0.154. The smallest absolute Gasteiger partial charge is 0.128 e. The van der Waals surface area contributed by atoms with Crippen LogP contribution in [0, 0.1) is 5.92 Å². The number of nitrogens with zero attached hydrogens (tertiary/aromatic N) is 2. The third kappa shape index (κ3) is 6.55. The maximum absolute atomic E-state index is 5.37. The maximum atomic E-state index is 5.37. The molecule has 0 saturated heterocycles. The number of nitrogens with one attached hydrogen (secondary N) is 1. The van der Waals surface area contributed by atoms with E-state index < -0.39 is 0 Å². The maximum Gasteiger partial charge on any atom is 0.128 e. The molecule has 0 atom stereocenters. The molecule has 0 spiro atoms. The Bertz CT molecular complexity index is 355. The molecule has 0 aliphatic heterocycles. The molecule has 1 aromatic heterocycles. The van der Waals surface area contributed by atoms with Crippen molar-refractivity contribution in [2.45, 2.75) is 27.3 Å². The van der Waals surface area contributed by atoms with Crippen molar-refractivity contribution in [1.29, 1.82) is 0 Å². The number of anilines is 1. The zero-order valence-electron chi connectivity index (χ0n) is 12.6. The van der Waals surface area contributed by atoms with Gasteiger partial charge in [-0.1, -0.05) is 19.9 Å². The molecule has 1 heterocycles. The van der Waals surface area contributed by atoms with Crippen molar-refractivity contribution >= 4 is 5.82 Å². The second-order valence-electron chi connectivity index (χ2n) is 5.13. The summed E-state index contributed by atoms with van der Waals surface area (Å²) in [4.78, 5) is 6.78. The third-order valence-corrected chi connectivity index (χ3v) is 2.82. The van der Waals surface area contributed by atoms with E-state index in [4.69, 9.17) is 4.74 Å². The predicted octanol–water partition coefficient (Wildman–Crippen LogP) is 2.30. The van der Waals surface area contributed by atoms with E-state index in [0.717, 1.165) is 44.4 Å². The van der Waals surface area contributed by atoms with Gasteiger partial charge in [-0.2, -0.15) is 0 Å². The van der Waals surface area contributed by atoms with Gasteiger partial charge in [0, 0.05) is 26.7 Å². The minimum atomic E-state index is 0.664. The lowest BCUT2D eigenvalue weighted by Crippen LogP contribution is -2.24. The molecule has 4 heteroatoms. The van der Waals surface area contributed by atoms with Crippen LogP contribution >= 0.6 is 0 Å². The Morgan fingerprint density at radius 2 is 2.16 bits per heavy atom. The van der Waals surface area contributed by atoms with Gasteiger partial charge in [0.05, 0.1) is 12.3 Å². The first-order valence-corrected chi connectivity index (χ1v) is 7.09. The summed E-state index contributed by atoms with van der Waals surface area (Å²) in [6.07, 6.45) is 0. The Morgan fingerprint density at radius 1 is 1.37 bits per heavy atom. The third-order valence-electron chi connectivity index (χ3n) is 2.82. The van der Waals surface area contributed by atoms with Gasteiger partial charge >= 0.3 is 0 Å². The van der Waals surface area contributed by atoms with Crippen LogP contribution in [0.25, 0.3) is 0 Å². The fourth-order valence-corrected chi connectivity index (χ4v) is 1.73. The monoisotopic (exact) mass is 265 g/mol. The topological polar surface area (TPSA) is 37.4 Å². The van der Waals surface area contributed by atoms with Gasteiger partial charge < -0.3 is 15.0 Å². The molecule has 1 rings (SSSR count). The van der Waals surface area contributed by atoms with Crippen LogP contribution in [0.3, 0.4) is 0 Å². The second-order valence-corrected chi connectivity index (χ2v) is 5.13. The summed E-state index contributed by atoms with van der Waals surface area (Å²) in [6.45, 7) is 10.6. The van der Waals surface area contributed by atoms with Crippen LogP contribution in [-0.4, -0.2) is 38.3 Å². The number of pyridine rings is 1. The summed E-state index contributed by atoms with van der Waals surface area (Å²) in [5, 5.41) is 3.41. The Hall–Kier alpha value is -1.13. The van der Waals surface area contributed by atoms with Gasteiger partial charge in [-0.3, -0.25) is 0 Å². The number of hydrogen-bond donors (Lipinski definition) is 1. The first kappa shape index (κ1) is 15.9. The molecule has 0 aliphatic carbocycles. The molecule has 0 fully saturated rings. The van der Waals surface area contributed by atoms with Crippen molar-refractivity contribution in [3.8, 4) is 0 Å². The molecular weight excluding hydrogens is 238 g/mol. The van der Waals surface area contributed by atoms with Crippen molar-refractivity contribution in [2.75, 3.05) is 38.3 Å². The standard InChI is InChI=1S/C15H27N3O/c1-5-19-10-9-18(4)15-8-6-7-14(17-15)12-16-11-13(2)3/h6-8,13,16H,5,9-12H2,1-4H3. The van der Waals surface area contributed by atoms with Crippen LogP contribution in [0.15, 0.2) is 18.2 Å². The van der Waals surface area contributed by atoms with Crippen molar-refractivity contribution in [3.63, 3.8) is 0 Å². The predicted molar refractivity (Wildman–Crippen MR) is 80.5 cm³/mol. The summed E-state index contributed by atoms with van der Waals surface area (Å²) in [6, 6.07) is 6.16. The van der Waals surface area contributed by atoms with Crippen LogP contribution in [0.5, 0.6) is 0 Å². The summed E-state index contributed by atoms with van der Waals surface area (Å²) >= 11 is 0. The molecule has 0 bridgehead atoms. The fourth-order valence-electron chi connectivity index (χ4n) is 1.73. The normalized spacial score (nSPS) is 11.0. The van der Waals surface area contributed by atoms with Gasteiger partial charge in [0.1, 0.15) is 5.82 Å². The van der Waals surface area contributed by atoms with Gasteiger partial charge in [0.25, 0.3) is 0 Å². The van der Waals surface area contributed by atoms with Crippen molar-refractivity contribution in [3.05, 3.63) is 23.9 Å². The van der Waals surface area contributed by atoms with Crippen LogP contribution < -0.4 is 10.2 Å². The van der Waals surface area contributed by atoms with Crippen LogP contribution in [0.1, 0.15) is 26.5 Å². The van der Waals surface area contributed by atoms with Crippen molar-refractivity contribution in [2.24, 2.45) is 5.92 Å². The van der Waals surface area contributed by atoms with Crippen LogP contribution in [0.4, 0.5) is 5.82 Å². The fraction of sp³-hybridized carbons (Fsp3) is 0.667. The highest BCUT2D eigenvalue weighted by atomic mass is 16.5. The molecule has 0 saturated carbocycles. The summed E-state index contributed by atoms with van der Waals surface area (Å²) in [5.74, 6) is 1.67. The van der Waals surface area contributed by atoms with E-state index in [9.17, 15) is 0 Å². The minimum absolute atomic E-state index is 0.664.